The summed E-state index contributed by atoms with van der Waals surface area (Å²) in [7, 11) is 0. The molecule has 14 heteroatoms. The highest BCUT2D eigenvalue weighted by molar-refractivity contribution is 5.89. The van der Waals surface area contributed by atoms with Crippen LogP contribution in [-0.4, -0.2) is 43.1 Å². The van der Waals surface area contributed by atoms with Crippen molar-refractivity contribution in [3.05, 3.63) is 107 Å². The van der Waals surface area contributed by atoms with Crippen LogP contribution in [0, 0.1) is 13.8 Å². The maximum Gasteiger partial charge on any atom is 0.543 e. The SMILES string of the molecule is CC(C)(C)OOC(C)(C)c1ccccc1.Cc1ccc(C(=O)OOOC(=O)OCCCCCCOC(=O)OOOC(=O)c2ccc(C)cc2)cc1. The van der Waals surface area contributed by atoms with Gasteiger partial charge in [-0.3, -0.25) is 9.78 Å². The van der Waals surface area contributed by atoms with Gasteiger partial charge in [0, 0.05) is 0 Å². The number of hydrogen-bond donors (Lipinski definition) is 0. The van der Waals surface area contributed by atoms with E-state index in [1.54, 1.807) is 24.3 Å². The standard InChI is InChI=1S/C24H26O12.C13H20O2/c1-17-7-11-19(12-8-17)21(25)31-35-33-23(27)29-15-5-3-4-6-16-30-24(28)34-36-32-22(26)20-13-9-18(2)10-14-20;1-12(2,3)14-15-13(4,5)11-9-7-6-8-10-11/h7-14H,3-6,15-16H2,1-2H3;6-10H,1-5H3. The Labute approximate surface area is 297 Å². The van der Waals surface area contributed by atoms with Crippen LogP contribution in [0.5, 0.6) is 0 Å². The molecule has 3 aromatic carbocycles. The number of carbonyl (C=O) groups is 4. The van der Waals surface area contributed by atoms with Gasteiger partial charge in [-0.1, -0.05) is 65.7 Å². The van der Waals surface area contributed by atoms with E-state index in [0.29, 0.717) is 25.7 Å². The molecule has 14 nitrogen and oxygen atoms in total. The molecule has 0 radical (unpaired) electrons. The van der Waals surface area contributed by atoms with Gasteiger partial charge >= 0.3 is 24.2 Å². The van der Waals surface area contributed by atoms with E-state index in [9.17, 15) is 19.2 Å². The van der Waals surface area contributed by atoms with Crippen LogP contribution in [0.1, 0.15) is 97.7 Å². The highest BCUT2D eigenvalue weighted by Gasteiger charge is 2.25. The molecular weight excluding hydrogens is 668 g/mol. The Hall–Kier alpha value is -5.02. The van der Waals surface area contributed by atoms with E-state index < -0.39 is 29.9 Å². The third-order valence-electron chi connectivity index (χ3n) is 6.45. The molecule has 0 aromatic heterocycles. The van der Waals surface area contributed by atoms with Gasteiger partial charge in [-0.15, -0.1) is 0 Å². The summed E-state index contributed by atoms with van der Waals surface area (Å²) in [5.41, 5.74) is 2.78. The fourth-order valence-corrected chi connectivity index (χ4v) is 3.66. The number of unbranched alkanes of at least 4 members (excludes halogenated alkanes) is 3. The first-order chi connectivity index (χ1) is 24.2. The van der Waals surface area contributed by atoms with Crippen molar-refractivity contribution >= 4 is 24.2 Å². The molecule has 0 atom stereocenters. The van der Waals surface area contributed by atoms with E-state index in [0.717, 1.165) is 16.7 Å². The van der Waals surface area contributed by atoms with Crippen molar-refractivity contribution in [2.45, 2.75) is 85.4 Å². The number of benzene rings is 3. The number of hydrogen-bond acceptors (Lipinski definition) is 14. The first-order valence-electron chi connectivity index (χ1n) is 16.2. The Bertz CT molecular complexity index is 1400. The van der Waals surface area contributed by atoms with Crippen molar-refractivity contribution in [2.24, 2.45) is 0 Å². The largest absolute Gasteiger partial charge is 0.543 e. The molecule has 0 amide bonds. The van der Waals surface area contributed by atoms with Gasteiger partial charge < -0.3 is 9.47 Å². The molecule has 278 valence electrons. The summed E-state index contributed by atoms with van der Waals surface area (Å²) in [6.45, 7) is 13.7. The fraction of sp³-hybridized carbons (Fsp3) is 0.405. The van der Waals surface area contributed by atoms with Gasteiger partial charge in [-0.25, -0.2) is 38.7 Å². The lowest BCUT2D eigenvalue weighted by atomic mass is 9.99. The van der Waals surface area contributed by atoms with Crippen LogP contribution in [0.2, 0.25) is 0 Å². The van der Waals surface area contributed by atoms with Gasteiger partial charge in [-0.05, 0) is 104 Å². The van der Waals surface area contributed by atoms with Crippen molar-refractivity contribution in [1.82, 2.24) is 0 Å². The summed E-state index contributed by atoms with van der Waals surface area (Å²) in [5.74, 6) is -1.66. The van der Waals surface area contributed by atoms with Crippen LogP contribution < -0.4 is 0 Å². The van der Waals surface area contributed by atoms with Crippen molar-refractivity contribution < 1.29 is 68.1 Å². The quantitative estimate of drug-likeness (QED) is 0.0600. The average Bonchev–Trinajstić information content (AvgIpc) is 3.09. The van der Waals surface area contributed by atoms with Crippen LogP contribution in [-0.2, 0) is 54.5 Å². The second-order valence-corrected chi connectivity index (χ2v) is 12.5. The lowest BCUT2D eigenvalue weighted by molar-refractivity contribution is -0.452. The van der Waals surface area contributed by atoms with Gasteiger partial charge in [0.1, 0.15) is 5.60 Å². The first kappa shape index (κ1) is 42.1. The minimum absolute atomic E-state index is 0.0389. The number of aryl methyl sites for hydroxylation is 2. The molecule has 3 rings (SSSR count). The Balaban J connectivity index is 0.000000500. The van der Waals surface area contributed by atoms with Crippen molar-refractivity contribution in [3.63, 3.8) is 0 Å². The molecule has 0 fully saturated rings. The molecule has 0 saturated heterocycles. The Morgan fingerprint density at radius 3 is 1.31 bits per heavy atom. The zero-order valence-corrected chi connectivity index (χ0v) is 30.0. The normalized spacial score (nSPS) is 11.0. The Morgan fingerprint density at radius 2 is 0.922 bits per heavy atom. The topological polar surface area (TPSA) is 161 Å². The highest BCUT2D eigenvalue weighted by atomic mass is 17.5. The summed E-state index contributed by atoms with van der Waals surface area (Å²) >= 11 is 0. The minimum atomic E-state index is -1.17. The van der Waals surface area contributed by atoms with Gasteiger partial charge in [0.05, 0.1) is 40.0 Å². The second-order valence-electron chi connectivity index (χ2n) is 12.5. The van der Waals surface area contributed by atoms with Crippen LogP contribution in [0.25, 0.3) is 0 Å². The molecule has 0 unspecified atom stereocenters. The van der Waals surface area contributed by atoms with Crippen molar-refractivity contribution in [1.29, 1.82) is 0 Å². The molecule has 0 bridgehead atoms. The molecule has 0 N–H and O–H groups in total. The van der Waals surface area contributed by atoms with Crippen LogP contribution in [0.4, 0.5) is 9.59 Å². The highest BCUT2D eigenvalue weighted by Crippen LogP contribution is 2.26. The monoisotopic (exact) mass is 714 g/mol. The molecule has 0 saturated carbocycles. The van der Waals surface area contributed by atoms with Crippen molar-refractivity contribution in [2.75, 3.05) is 13.2 Å². The van der Waals surface area contributed by atoms with E-state index in [4.69, 9.17) is 19.2 Å². The smallest absolute Gasteiger partial charge is 0.432 e. The maximum absolute atomic E-state index is 11.7. The fourth-order valence-electron chi connectivity index (χ4n) is 3.66. The molecule has 0 spiro atoms. The number of ether oxygens (including phenoxy) is 2. The molecular formula is C37H46O14. The molecule has 0 aliphatic carbocycles. The molecule has 51 heavy (non-hydrogen) atoms. The molecule has 0 aliphatic heterocycles. The first-order valence-corrected chi connectivity index (χ1v) is 16.2. The van der Waals surface area contributed by atoms with Gasteiger partial charge in [0.25, 0.3) is 0 Å². The third-order valence-corrected chi connectivity index (χ3v) is 6.45. The molecule has 3 aromatic rings. The lowest BCUT2D eigenvalue weighted by Crippen LogP contribution is -2.28. The van der Waals surface area contributed by atoms with E-state index >= 15 is 0 Å². The third kappa shape index (κ3) is 18.5. The predicted octanol–water partition coefficient (Wildman–Crippen LogP) is 8.55. The van der Waals surface area contributed by atoms with Crippen molar-refractivity contribution in [3.8, 4) is 0 Å². The number of carbonyl (C=O) groups excluding carboxylic acids is 4. The van der Waals surface area contributed by atoms with Gasteiger partial charge in [-0.2, -0.15) is 0 Å². The summed E-state index contributed by atoms with van der Waals surface area (Å²) in [6, 6.07) is 23.0. The summed E-state index contributed by atoms with van der Waals surface area (Å²) < 4.78 is 9.50. The number of rotatable bonds is 16. The Morgan fingerprint density at radius 1 is 0.510 bits per heavy atom. The molecule has 0 heterocycles. The zero-order chi connectivity index (χ0) is 37.7. The van der Waals surface area contributed by atoms with Crippen LogP contribution in [0.3, 0.4) is 0 Å². The Kier molecular flexibility index (Phi) is 18.1. The molecule has 0 aliphatic rings. The minimum Gasteiger partial charge on any atom is -0.432 e. The predicted molar refractivity (Wildman–Crippen MR) is 180 cm³/mol. The van der Waals surface area contributed by atoms with Crippen LogP contribution in [0.15, 0.2) is 78.9 Å². The summed E-state index contributed by atoms with van der Waals surface area (Å²) in [5, 5.41) is 8.24. The lowest BCUT2D eigenvalue weighted by Gasteiger charge is -2.28. The van der Waals surface area contributed by atoms with E-state index in [2.05, 4.69) is 29.6 Å². The zero-order valence-electron chi connectivity index (χ0n) is 30.0. The average molecular weight is 715 g/mol. The van der Waals surface area contributed by atoms with Gasteiger partial charge in [0.15, 0.2) is 0 Å². The van der Waals surface area contributed by atoms with E-state index in [1.807, 2.05) is 78.8 Å². The van der Waals surface area contributed by atoms with E-state index in [-0.39, 0.29) is 29.9 Å². The van der Waals surface area contributed by atoms with E-state index in [1.165, 1.54) is 24.3 Å². The van der Waals surface area contributed by atoms with Crippen LogP contribution >= 0.6 is 0 Å². The second kappa shape index (κ2) is 21.9. The van der Waals surface area contributed by atoms with Gasteiger partial charge in [0.2, 0.25) is 0 Å². The maximum atomic E-state index is 11.7. The summed E-state index contributed by atoms with van der Waals surface area (Å²) in [4.78, 5) is 73.9. The summed E-state index contributed by atoms with van der Waals surface area (Å²) in [6.07, 6.45) is -0.0254.